The van der Waals surface area contributed by atoms with E-state index in [1.54, 1.807) is 6.07 Å². The van der Waals surface area contributed by atoms with Gasteiger partial charge in [-0.25, -0.2) is 0 Å². The van der Waals surface area contributed by atoms with Crippen molar-refractivity contribution in [2.24, 2.45) is 0 Å². The van der Waals surface area contributed by atoms with E-state index in [0.717, 1.165) is 36.1 Å². The molecule has 2 aromatic heterocycles. The highest BCUT2D eigenvalue weighted by Gasteiger charge is 2.35. The van der Waals surface area contributed by atoms with Gasteiger partial charge in [0.15, 0.2) is 5.76 Å². The molecule has 7 nitrogen and oxygen atoms in total. The normalized spacial score (nSPS) is 14.5. The number of aryl methyl sites for hydroxylation is 1. The third kappa shape index (κ3) is 5.39. The maximum atomic E-state index is 13.7. The van der Waals surface area contributed by atoms with Crippen LogP contribution in [0.1, 0.15) is 59.6 Å². The first kappa shape index (κ1) is 23.8. The Morgan fingerprint density at radius 3 is 2.56 bits per heavy atom. The molecule has 8 heteroatoms. The molecule has 0 bridgehead atoms. The van der Waals surface area contributed by atoms with Gasteiger partial charge in [-0.2, -0.15) is 0 Å². The van der Waals surface area contributed by atoms with Crippen LogP contribution < -0.4 is 15.5 Å². The van der Waals surface area contributed by atoms with E-state index >= 15 is 0 Å². The van der Waals surface area contributed by atoms with Crippen LogP contribution in [0.5, 0.6) is 0 Å². The summed E-state index contributed by atoms with van der Waals surface area (Å²) in [6.45, 7) is 1.75. The fourth-order valence-corrected chi connectivity index (χ4v) is 5.18. The number of thiophene rings is 1. The third-order valence-electron chi connectivity index (χ3n) is 6.07. The number of nitrogens with one attached hydrogen (secondary N) is 2. The van der Waals surface area contributed by atoms with Crippen molar-refractivity contribution in [3.05, 3.63) is 76.4 Å². The van der Waals surface area contributed by atoms with E-state index in [4.69, 9.17) is 4.42 Å². The number of hydrogen-bond acceptors (Lipinski definition) is 5. The summed E-state index contributed by atoms with van der Waals surface area (Å²) >= 11 is 1.44. The van der Waals surface area contributed by atoms with Gasteiger partial charge in [-0.15, -0.1) is 11.3 Å². The van der Waals surface area contributed by atoms with Gasteiger partial charge in [0.1, 0.15) is 6.04 Å². The van der Waals surface area contributed by atoms with Crippen molar-refractivity contribution in [3.8, 4) is 0 Å². The third-order valence-corrected chi connectivity index (χ3v) is 6.99. The maximum absolute atomic E-state index is 13.7. The van der Waals surface area contributed by atoms with Crippen molar-refractivity contribution in [1.29, 1.82) is 0 Å². The van der Waals surface area contributed by atoms with E-state index in [2.05, 4.69) is 10.6 Å². The van der Waals surface area contributed by atoms with E-state index in [0.29, 0.717) is 12.1 Å². The highest BCUT2D eigenvalue weighted by molar-refractivity contribution is 7.10. The van der Waals surface area contributed by atoms with Crippen molar-refractivity contribution < 1.29 is 18.8 Å². The Morgan fingerprint density at radius 2 is 1.88 bits per heavy atom. The Labute approximate surface area is 203 Å². The van der Waals surface area contributed by atoms with E-state index in [1.165, 1.54) is 28.6 Å². The monoisotopic (exact) mass is 479 g/mol. The zero-order valence-electron chi connectivity index (χ0n) is 19.2. The quantitative estimate of drug-likeness (QED) is 0.474. The molecule has 0 radical (unpaired) electrons. The summed E-state index contributed by atoms with van der Waals surface area (Å²) in [4.78, 5) is 42.0. The summed E-state index contributed by atoms with van der Waals surface area (Å²) in [5.41, 5.74) is 1.62. The number of amides is 3. The number of hydrogen-bond donors (Lipinski definition) is 2. The average molecular weight is 480 g/mol. The molecule has 0 unspecified atom stereocenters. The molecule has 0 saturated heterocycles. The minimum absolute atomic E-state index is 0.118. The molecular formula is C26H29N3O4S. The number of para-hydroxylation sites is 1. The number of rotatable bonds is 9. The molecule has 1 aromatic carbocycles. The first-order valence-electron chi connectivity index (χ1n) is 11.6. The van der Waals surface area contributed by atoms with E-state index in [-0.39, 0.29) is 30.2 Å². The van der Waals surface area contributed by atoms with Gasteiger partial charge in [0.25, 0.3) is 5.91 Å². The fraction of sp³-hybridized carbons (Fsp3) is 0.346. The largest absolute Gasteiger partial charge is 0.459 e. The molecule has 34 heavy (non-hydrogen) atoms. The highest BCUT2D eigenvalue weighted by atomic mass is 32.1. The predicted octanol–water partition coefficient (Wildman–Crippen LogP) is 4.47. The van der Waals surface area contributed by atoms with Gasteiger partial charge in [-0.3, -0.25) is 19.3 Å². The second-order valence-electron chi connectivity index (χ2n) is 8.31. The second-order valence-corrected chi connectivity index (χ2v) is 9.29. The van der Waals surface area contributed by atoms with Crippen LogP contribution in [0.3, 0.4) is 0 Å². The van der Waals surface area contributed by atoms with Crippen molar-refractivity contribution in [1.82, 2.24) is 10.6 Å². The molecule has 0 spiro atoms. The number of benzene rings is 1. The number of anilines is 1. The van der Waals surface area contributed by atoms with Gasteiger partial charge in [-0.05, 0) is 54.5 Å². The van der Waals surface area contributed by atoms with Gasteiger partial charge in [0, 0.05) is 16.6 Å². The molecule has 1 aliphatic rings. The van der Waals surface area contributed by atoms with E-state index in [9.17, 15) is 14.4 Å². The highest BCUT2D eigenvalue weighted by Crippen LogP contribution is 2.33. The van der Waals surface area contributed by atoms with Gasteiger partial charge >= 0.3 is 0 Å². The predicted molar refractivity (Wildman–Crippen MR) is 132 cm³/mol. The molecule has 178 valence electrons. The number of nitrogens with zero attached hydrogens (tertiary/aromatic N) is 1. The van der Waals surface area contributed by atoms with Crippen LogP contribution in [0.25, 0.3) is 0 Å². The standard InChI is InChI=1S/C26H29N3O4S/c1-2-18-9-3-6-12-20(18)29(23(30)17-27-25(31)21-13-7-15-33-21)24(22-14-8-16-34-22)26(32)28-19-10-4-5-11-19/h3,6-9,12-16,19,24H,2,4-5,10-11,17H2,1H3,(H,27,31)(H,28,32)/t24-/m0/s1. The van der Waals surface area contributed by atoms with Gasteiger partial charge < -0.3 is 15.1 Å². The molecule has 1 saturated carbocycles. The summed E-state index contributed by atoms with van der Waals surface area (Å²) in [5.74, 6) is -0.931. The second kappa shape index (κ2) is 11.2. The Morgan fingerprint density at radius 1 is 1.09 bits per heavy atom. The summed E-state index contributed by atoms with van der Waals surface area (Å²) in [6.07, 6.45) is 6.17. The van der Waals surface area contributed by atoms with Crippen LogP contribution in [0, 0.1) is 0 Å². The summed E-state index contributed by atoms with van der Waals surface area (Å²) in [7, 11) is 0. The molecule has 4 rings (SSSR count). The first-order chi connectivity index (χ1) is 16.6. The lowest BCUT2D eigenvalue weighted by Crippen LogP contribution is -2.49. The van der Waals surface area contributed by atoms with Crippen LogP contribution in [0.15, 0.2) is 64.6 Å². The smallest absolute Gasteiger partial charge is 0.287 e. The lowest BCUT2D eigenvalue weighted by Gasteiger charge is -2.33. The molecule has 2 N–H and O–H groups in total. The lowest BCUT2D eigenvalue weighted by molar-refractivity contribution is -0.126. The fourth-order valence-electron chi connectivity index (χ4n) is 4.37. The number of carbonyl (C=O) groups is 3. The van der Waals surface area contributed by atoms with Crippen LogP contribution in [-0.2, 0) is 16.0 Å². The van der Waals surface area contributed by atoms with E-state index < -0.39 is 11.9 Å². The van der Waals surface area contributed by atoms with Crippen molar-refractivity contribution in [2.75, 3.05) is 11.4 Å². The SMILES string of the molecule is CCc1ccccc1N(C(=O)CNC(=O)c1ccco1)[C@H](C(=O)NC1CCCC1)c1cccs1. The molecular weight excluding hydrogens is 450 g/mol. The topological polar surface area (TPSA) is 91.7 Å². The first-order valence-corrected chi connectivity index (χ1v) is 12.5. The van der Waals surface area contributed by atoms with Gasteiger partial charge in [-0.1, -0.05) is 44.0 Å². The summed E-state index contributed by atoms with van der Waals surface area (Å²) < 4.78 is 5.13. The molecule has 3 amide bonds. The van der Waals surface area contributed by atoms with Gasteiger partial charge in [0.2, 0.25) is 11.8 Å². The lowest BCUT2D eigenvalue weighted by atomic mass is 10.1. The summed E-state index contributed by atoms with van der Waals surface area (Å²) in [6, 6.07) is 13.8. The maximum Gasteiger partial charge on any atom is 0.287 e. The zero-order chi connectivity index (χ0) is 23.9. The molecule has 0 aliphatic heterocycles. The Bertz CT molecular complexity index is 1110. The zero-order valence-corrected chi connectivity index (χ0v) is 20.0. The van der Waals surface area contributed by atoms with Crippen molar-refractivity contribution >= 4 is 34.7 Å². The van der Waals surface area contributed by atoms with Crippen molar-refractivity contribution in [3.63, 3.8) is 0 Å². The Balaban J connectivity index is 1.67. The van der Waals surface area contributed by atoms with Crippen molar-refractivity contribution in [2.45, 2.75) is 51.1 Å². The average Bonchev–Trinajstić information content (AvgIpc) is 3.64. The van der Waals surface area contributed by atoms with Crippen LogP contribution in [-0.4, -0.2) is 30.3 Å². The molecule has 3 aromatic rings. The number of furan rings is 1. The van der Waals surface area contributed by atoms with Crippen LogP contribution >= 0.6 is 11.3 Å². The molecule has 1 aliphatic carbocycles. The number of carbonyl (C=O) groups excluding carboxylic acids is 3. The minimum atomic E-state index is -0.832. The minimum Gasteiger partial charge on any atom is -0.459 e. The molecule has 1 fully saturated rings. The molecule has 2 heterocycles. The van der Waals surface area contributed by atoms with E-state index in [1.807, 2.05) is 48.7 Å². The Kier molecular flexibility index (Phi) is 7.80. The Hall–Kier alpha value is -3.39. The van der Waals surface area contributed by atoms with Gasteiger partial charge in [0.05, 0.1) is 12.8 Å². The van der Waals surface area contributed by atoms with Crippen LogP contribution in [0.4, 0.5) is 5.69 Å². The van der Waals surface area contributed by atoms with Crippen LogP contribution in [0.2, 0.25) is 0 Å². The summed E-state index contributed by atoms with van der Waals surface area (Å²) in [5, 5.41) is 7.70. The molecule has 1 atom stereocenters.